The maximum Gasteiger partial charge on any atom is 0.418 e. The van der Waals surface area contributed by atoms with Gasteiger partial charge in [-0.15, -0.1) is 0 Å². The Balaban J connectivity index is 3.32. The highest BCUT2D eigenvalue weighted by atomic mass is 19.4. The molecular weight excluding hydrogens is 221 g/mol. The number of nitrogens with zero attached hydrogens (tertiary/aromatic N) is 1. The van der Waals surface area contributed by atoms with Gasteiger partial charge < -0.3 is 5.11 Å². The molecule has 0 aromatic carbocycles. The number of rotatable bonds is 1. The molecule has 0 unspecified atom stereocenters. The topological polar surface area (TPSA) is 33.1 Å². The van der Waals surface area contributed by atoms with Crippen molar-refractivity contribution in [1.82, 2.24) is 4.98 Å². The van der Waals surface area contributed by atoms with Crippen LogP contribution in [-0.4, -0.2) is 10.1 Å². The van der Waals surface area contributed by atoms with Gasteiger partial charge in [0.15, 0.2) is 0 Å². The lowest BCUT2D eigenvalue weighted by molar-refractivity contribution is -0.138. The van der Waals surface area contributed by atoms with Crippen LogP contribution in [0.3, 0.4) is 0 Å². The molecule has 0 spiro atoms. The van der Waals surface area contributed by atoms with Crippen LogP contribution < -0.4 is 0 Å². The van der Waals surface area contributed by atoms with Gasteiger partial charge in [-0.05, 0) is 13.0 Å². The lowest BCUT2D eigenvalue weighted by Gasteiger charge is -2.11. The summed E-state index contributed by atoms with van der Waals surface area (Å²) in [5.74, 6) is -1.15. The minimum atomic E-state index is -4.71. The number of pyridine rings is 1. The Kier molecular flexibility index (Phi) is 2.83. The molecule has 1 rings (SSSR count). The van der Waals surface area contributed by atoms with Crippen LogP contribution in [0.15, 0.2) is 6.07 Å². The van der Waals surface area contributed by atoms with E-state index in [-0.39, 0.29) is 6.07 Å². The predicted molar refractivity (Wildman–Crippen MR) is 40.6 cm³/mol. The van der Waals surface area contributed by atoms with E-state index >= 15 is 0 Å². The highest BCUT2D eigenvalue weighted by Gasteiger charge is 2.34. The molecule has 0 saturated carbocycles. The van der Waals surface area contributed by atoms with E-state index in [1.165, 1.54) is 0 Å². The minimum absolute atomic E-state index is 0.254. The summed E-state index contributed by atoms with van der Waals surface area (Å²) in [6, 6.07) is 0.254. The summed E-state index contributed by atoms with van der Waals surface area (Å²) in [7, 11) is 0. The van der Waals surface area contributed by atoms with E-state index in [1.54, 1.807) is 0 Å². The average Bonchev–Trinajstić information content (AvgIpc) is 2.06. The molecule has 0 bridgehead atoms. The van der Waals surface area contributed by atoms with Gasteiger partial charge in [0.05, 0.1) is 11.3 Å². The van der Waals surface area contributed by atoms with Gasteiger partial charge in [0.2, 0.25) is 0 Å². The molecule has 1 N–H and O–H groups in total. The van der Waals surface area contributed by atoms with Crippen molar-refractivity contribution in [2.24, 2.45) is 0 Å². The van der Waals surface area contributed by atoms with E-state index in [4.69, 9.17) is 5.11 Å². The molecule has 0 saturated heterocycles. The van der Waals surface area contributed by atoms with Crippen LogP contribution >= 0.6 is 0 Å². The lowest BCUT2D eigenvalue weighted by Crippen LogP contribution is -2.10. The van der Waals surface area contributed by atoms with E-state index in [1.807, 2.05) is 0 Å². The quantitative estimate of drug-likeness (QED) is 0.748. The summed E-state index contributed by atoms with van der Waals surface area (Å²) in [6.45, 7) is 0.953. The molecule has 7 heteroatoms. The van der Waals surface area contributed by atoms with Gasteiger partial charge in [-0.3, -0.25) is 0 Å². The number of hydrogen-bond donors (Lipinski definition) is 1. The van der Waals surface area contributed by atoms with Gasteiger partial charge in [-0.2, -0.15) is 13.2 Å². The molecule has 0 aliphatic rings. The molecule has 1 heterocycles. The van der Waals surface area contributed by atoms with Crippen molar-refractivity contribution in [2.45, 2.75) is 19.5 Å². The number of aromatic hydroxyl groups is 1. The molecule has 84 valence electrons. The van der Waals surface area contributed by atoms with Crippen LogP contribution in [0.5, 0.6) is 5.75 Å². The van der Waals surface area contributed by atoms with Crippen LogP contribution in [0.2, 0.25) is 0 Å². The van der Waals surface area contributed by atoms with Gasteiger partial charge in [-0.1, -0.05) is 0 Å². The molecule has 0 atom stereocenters. The van der Waals surface area contributed by atoms with Crippen molar-refractivity contribution in [3.63, 3.8) is 0 Å². The number of alkyl halides is 5. The fourth-order valence-corrected chi connectivity index (χ4v) is 1.06. The Morgan fingerprint density at radius 1 is 1.33 bits per heavy atom. The van der Waals surface area contributed by atoms with Crippen molar-refractivity contribution >= 4 is 0 Å². The molecule has 0 amide bonds. The SMILES string of the molecule is Cc1nc(C(F)F)c(O)cc1C(F)(F)F. The number of aromatic nitrogens is 1. The zero-order chi connectivity index (χ0) is 11.8. The van der Waals surface area contributed by atoms with E-state index in [0.717, 1.165) is 6.92 Å². The first-order valence-corrected chi connectivity index (χ1v) is 3.79. The maximum atomic E-state index is 12.2. The normalized spacial score (nSPS) is 12.2. The smallest absolute Gasteiger partial charge is 0.418 e. The molecular formula is C8H6F5NO. The number of hydrogen-bond acceptors (Lipinski definition) is 2. The fraction of sp³-hybridized carbons (Fsp3) is 0.375. The lowest BCUT2D eigenvalue weighted by atomic mass is 10.1. The third-order valence-electron chi connectivity index (χ3n) is 1.73. The van der Waals surface area contributed by atoms with E-state index in [9.17, 15) is 22.0 Å². The highest BCUT2D eigenvalue weighted by molar-refractivity contribution is 5.36. The predicted octanol–water partition coefficient (Wildman–Crippen LogP) is 3.05. The summed E-state index contributed by atoms with van der Waals surface area (Å²) in [4.78, 5) is 3.02. The number of halogens is 5. The van der Waals surface area contributed by atoms with Crippen molar-refractivity contribution in [3.8, 4) is 5.75 Å². The minimum Gasteiger partial charge on any atom is -0.506 e. The number of aryl methyl sites for hydroxylation is 1. The molecule has 0 aliphatic heterocycles. The molecule has 2 nitrogen and oxygen atoms in total. The standard InChI is InChI=1S/C8H6F5NO/c1-3-4(8(11,12)13)2-5(15)6(14-3)7(9)10/h2,7,15H,1H3. The molecule has 0 aliphatic carbocycles. The first-order valence-electron chi connectivity index (χ1n) is 3.79. The van der Waals surface area contributed by atoms with Gasteiger partial charge in [-0.25, -0.2) is 13.8 Å². The fourth-order valence-electron chi connectivity index (χ4n) is 1.06. The monoisotopic (exact) mass is 227 g/mol. The van der Waals surface area contributed by atoms with Gasteiger partial charge >= 0.3 is 6.18 Å². The van der Waals surface area contributed by atoms with E-state index in [0.29, 0.717) is 0 Å². The van der Waals surface area contributed by atoms with Crippen LogP contribution in [0.4, 0.5) is 22.0 Å². The van der Waals surface area contributed by atoms with Crippen LogP contribution in [0.25, 0.3) is 0 Å². The summed E-state index contributed by atoms with van der Waals surface area (Å²) in [5, 5.41) is 8.91. The van der Waals surface area contributed by atoms with Crippen molar-refractivity contribution < 1.29 is 27.1 Å². The largest absolute Gasteiger partial charge is 0.506 e. The Labute approximate surface area is 81.4 Å². The zero-order valence-corrected chi connectivity index (χ0v) is 7.44. The summed E-state index contributed by atoms with van der Waals surface area (Å²) in [5.41, 5.74) is -2.85. The second kappa shape index (κ2) is 3.63. The van der Waals surface area contributed by atoms with Crippen LogP contribution in [0.1, 0.15) is 23.4 Å². The average molecular weight is 227 g/mol. The summed E-state index contributed by atoms with van der Waals surface area (Å²) < 4.78 is 60.9. The molecule has 0 radical (unpaired) electrons. The van der Waals surface area contributed by atoms with Gasteiger partial charge in [0.1, 0.15) is 11.4 Å². The Bertz CT molecular complexity index is 374. The van der Waals surface area contributed by atoms with Crippen molar-refractivity contribution in [1.29, 1.82) is 0 Å². The summed E-state index contributed by atoms with van der Waals surface area (Å²) in [6.07, 6.45) is -7.82. The maximum absolute atomic E-state index is 12.2. The Morgan fingerprint density at radius 2 is 1.87 bits per heavy atom. The first kappa shape index (κ1) is 11.7. The Hall–Kier alpha value is -1.40. The van der Waals surface area contributed by atoms with E-state index < -0.39 is 35.3 Å². The second-order valence-corrected chi connectivity index (χ2v) is 2.82. The molecule has 1 aromatic rings. The van der Waals surface area contributed by atoms with Gasteiger partial charge in [0, 0.05) is 0 Å². The highest BCUT2D eigenvalue weighted by Crippen LogP contribution is 2.36. The van der Waals surface area contributed by atoms with Crippen molar-refractivity contribution in [3.05, 3.63) is 23.0 Å². The molecule has 0 fully saturated rings. The van der Waals surface area contributed by atoms with Gasteiger partial charge in [0.25, 0.3) is 6.43 Å². The van der Waals surface area contributed by atoms with Crippen molar-refractivity contribution in [2.75, 3.05) is 0 Å². The van der Waals surface area contributed by atoms with E-state index in [2.05, 4.69) is 4.98 Å². The van der Waals surface area contributed by atoms with Crippen LogP contribution in [0, 0.1) is 6.92 Å². The zero-order valence-electron chi connectivity index (χ0n) is 7.44. The first-order chi connectivity index (χ1) is 6.73. The van der Waals surface area contributed by atoms with Crippen LogP contribution in [-0.2, 0) is 6.18 Å². The third kappa shape index (κ3) is 2.34. The molecule has 1 aromatic heterocycles. The third-order valence-corrected chi connectivity index (χ3v) is 1.73. The Morgan fingerprint density at radius 3 is 2.27 bits per heavy atom. The summed E-state index contributed by atoms with van der Waals surface area (Å²) >= 11 is 0. The second-order valence-electron chi connectivity index (χ2n) is 2.82. The molecule has 15 heavy (non-hydrogen) atoms.